The second-order valence-electron chi connectivity index (χ2n) is 37.4. The second kappa shape index (κ2) is 52.7. The fourth-order valence-electron chi connectivity index (χ4n) is 18.5. The number of carboxylic acids is 3. The molecule has 3 aliphatic rings. The van der Waals surface area contributed by atoms with E-state index in [9.17, 15) is 97.1 Å². The van der Waals surface area contributed by atoms with Gasteiger partial charge in [-0.1, -0.05) is 124 Å². The summed E-state index contributed by atoms with van der Waals surface area (Å²) in [6.07, 6.45) is -0.178. The van der Waals surface area contributed by atoms with Crippen LogP contribution in [-0.2, 0) is 106 Å². The number of H-pyrrole nitrogens is 2. The lowest BCUT2D eigenvalue weighted by atomic mass is 9.84. The van der Waals surface area contributed by atoms with Crippen molar-refractivity contribution in [3.8, 4) is 0 Å². The molecule has 3 aromatic heterocycles. The van der Waals surface area contributed by atoms with E-state index in [2.05, 4.69) is 69.7 Å². The predicted octanol–water partition coefficient (Wildman–Crippen LogP) is 7.58. The number of aryl methyl sites for hydroxylation is 3. The smallest absolute Gasteiger partial charge is 0.410 e. The van der Waals surface area contributed by atoms with Crippen molar-refractivity contribution in [3.63, 3.8) is 0 Å². The number of methoxy groups -OCH3 is 2. The normalized spacial score (nSPS) is 16.5. The van der Waals surface area contributed by atoms with Gasteiger partial charge in [0.05, 0.1) is 104 Å². The van der Waals surface area contributed by atoms with Crippen molar-refractivity contribution in [1.82, 2.24) is 82.5 Å². The number of ether oxygens (including phenoxy) is 3. The molecule has 3 aliphatic heterocycles. The van der Waals surface area contributed by atoms with Crippen molar-refractivity contribution in [2.45, 2.75) is 266 Å². The van der Waals surface area contributed by atoms with Crippen molar-refractivity contribution in [2.24, 2.45) is 23.7 Å². The molecule has 8 rings (SSSR count). The number of aliphatic carboxylic acids is 3. The molecular weight excluding hydrogens is 1830 g/mol. The molecular formula is C102H141N17O23. The summed E-state index contributed by atoms with van der Waals surface area (Å²) < 4.78 is 17.6. The number of nitrogens with one attached hydrogen (secondary N) is 12. The Morgan fingerprint density at radius 3 is 1.89 bits per heavy atom. The Kier molecular flexibility index (Phi) is 42.1. The summed E-state index contributed by atoms with van der Waals surface area (Å²) in [6, 6.07) is 12.5. The number of carboxylic acid groups (broad SMARTS) is 3. The average Bonchev–Trinajstić information content (AvgIpc) is 1.60. The van der Waals surface area contributed by atoms with Crippen molar-refractivity contribution in [2.75, 3.05) is 66.4 Å². The van der Waals surface area contributed by atoms with Crippen LogP contribution in [0, 0.1) is 37.5 Å². The molecule has 16 N–H and O–H groups in total. The molecule has 40 heteroatoms. The molecule has 2 aromatic carbocycles. The maximum Gasteiger partial charge on any atom is 0.410 e. The molecule has 13 amide bonds. The van der Waals surface area contributed by atoms with Crippen LogP contribution < -0.4 is 53.2 Å². The van der Waals surface area contributed by atoms with Crippen LogP contribution in [0.1, 0.15) is 234 Å². The van der Waals surface area contributed by atoms with E-state index in [0.717, 1.165) is 38.2 Å². The van der Waals surface area contributed by atoms with E-state index in [1.54, 1.807) is 109 Å². The molecule has 1 fully saturated rings. The number of aliphatic hydroxyl groups excluding tert-OH is 1. The molecule has 40 nitrogen and oxygen atoms in total. The first-order valence-electron chi connectivity index (χ1n) is 48.2. The van der Waals surface area contributed by atoms with Gasteiger partial charge in [-0.3, -0.25) is 77.0 Å². The van der Waals surface area contributed by atoms with Gasteiger partial charge in [-0.05, 0) is 161 Å². The Balaban J connectivity index is 0.766. The number of nitrogens with zero attached hydrogens (tertiary/aromatic N) is 5. The summed E-state index contributed by atoms with van der Waals surface area (Å²) in [7, 11) is 5.92. The molecule has 772 valence electrons. The third kappa shape index (κ3) is 29.9. The fourth-order valence-corrected chi connectivity index (χ4v) is 18.5. The van der Waals surface area contributed by atoms with Gasteiger partial charge in [0.1, 0.15) is 36.8 Å². The Bertz CT molecular complexity index is 5660. The minimum Gasteiger partial charge on any atom is -0.481 e. The molecule has 0 spiro atoms. The number of anilines is 1. The van der Waals surface area contributed by atoms with E-state index in [0.29, 0.717) is 77.8 Å². The third-order valence-electron chi connectivity index (χ3n) is 26.7. The number of carbonyl (C=O) groups excluding carboxylic acids is 13. The van der Waals surface area contributed by atoms with Gasteiger partial charge < -0.3 is 108 Å². The number of hydrogen-bond acceptors (Lipinski definition) is 22. The number of benzene rings is 2. The zero-order valence-electron chi connectivity index (χ0n) is 84.5. The Labute approximate surface area is 826 Å². The highest BCUT2D eigenvalue weighted by atomic mass is 16.6. The van der Waals surface area contributed by atoms with E-state index in [1.807, 2.05) is 59.7 Å². The first-order chi connectivity index (χ1) is 67.2. The van der Waals surface area contributed by atoms with Crippen LogP contribution in [0.4, 0.5) is 10.5 Å². The number of aromatic nitrogens is 4. The molecule has 0 aliphatic carbocycles. The number of unbranched alkanes of at least 4 members (excludes halogenated alkanes) is 1. The largest absolute Gasteiger partial charge is 0.481 e. The standard InChI is InChI=1S/C102H141N17O23/c1-21-54(8)92(79(140-19)47-83(124)119-41-29-33-78(119)94(141-20)59(13)95(131)107-60(14)93(130)64-30-25-24-26-31-64)117(17)84(125)50-106-100(136)91(53(6)7)118(18)102(139)142-51-63-34-36-65(37-35-63)110-96(132)61(15)108-99(135)88(52(4)5)116-82(123)49-105-98(134)77(46-86(128)129)113-81(122)48-104-97(133)70(109-62(16)120)32-27-28-40-103-80(121)39-38-68-57(11)73-43-71-55(9)66(22-2)75(111-71)44-72-56(10)67(23-3)76(112-72)45-74-58(12)87(101(137)138)90(115-74)69(42-85(126)127)89(68)114-73/h22,24-26,30-31,34-37,43-45,52-54,57,59-61,68,70,77-79,88,91-94,111-112,130H,2,21,23,27-29,32-33,38-42,46-51H2,1,3-20H3,(H,103,121)(H,104,133)(H,105,134)(H,106,136)(H,107,131)(H,108,135)(H,109,120)(H,110,132)(H,113,122)(H,116,123)(H,126,127)(H,128,129)(H,137,138)/t54-,57?,59+,60+,61-,68?,70-,77-,78-,79+,88-,91-,92?,93+,94+/m0/s1. The molecule has 3 unspecified atom stereocenters. The van der Waals surface area contributed by atoms with E-state index >= 15 is 0 Å². The van der Waals surface area contributed by atoms with Gasteiger partial charge in [-0.15, -0.1) is 0 Å². The predicted molar refractivity (Wildman–Crippen MR) is 531 cm³/mol. The van der Waals surface area contributed by atoms with Crippen LogP contribution in [0.15, 0.2) is 79.4 Å². The number of hydrogen-bond donors (Lipinski definition) is 16. The van der Waals surface area contributed by atoms with E-state index < -0.39 is 206 Å². The topological polar surface area (TPSA) is 569 Å². The van der Waals surface area contributed by atoms with Crippen LogP contribution >= 0.6 is 0 Å². The molecule has 6 heterocycles. The molecule has 15 atom stereocenters. The highest BCUT2D eigenvalue weighted by Crippen LogP contribution is 2.44. The van der Waals surface area contributed by atoms with Crippen molar-refractivity contribution in [1.29, 1.82) is 0 Å². The molecule has 8 bridgehead atoms. The highest BCUT2D eigenvalue weighted by Gasteiger charge is 2.44. The Morgan fingerprint density at radius 2 is 1.29 bits per heavy atom. The number of amides is 13. The molecule has 1 saturated heterocycles. The third-order valence-corrected chi connectivity index (χ3v) is 26.7. The molecule has 5 aromatic rings. The zero-order chi connectivity index (χ0) is 105. The van der Waals surface area contributed by atoms with Gasteiger partial charge >= 0.3 is 24.0 Å². The molecule has 0 saturated carbocycles. The van der Waals surface area contributed by atoms with Crippen LogP contribution in [0.3, 0.4) is 0 Å². The quantitative estimate of drug-likeness (QED) is 0.0167. The van der Waals surface area contributed by atoms with Gasteiger partial charge in [0.15, 0.2) is 0 Å². The van der Waals surface area contributed by atoms with Crippen LogP contribution in [0.5, 0.6) is 0 Å². The fraction of sp³-hybridized carbons (Fsp3) is 0.529. The number of likely N-dealkylation sites (tertiary alicyclic amines) is 1. The minimum absolute atomic E-state index is 0.0149. The number of rotatable bonds is 50. The van der Waals surface area contributed by atoms with Gasteiger partial charge in [0.25, 0.3) is 0 Å². The summed E-state index contributed by atoms with van der Waals surface area (Å²) in [6.45, 7) is 28.2. The van der Waals surface area contributed by atoms with Gasteiger partial charge in [-0.2, -0.15) is 0 Å². The van der Waals surface area contributed by atoms with Crippen LogP contribution in [-0.4, -0.2) is 272 Å². The summed E-state index contributed by atoms with van der Waals surface area (Å²) in [5.74, 6) is -15.2. The van der Waals surface area contributed by atoms with Crippen LogP contribution in [0.25, 0.3) is 39.3 Å². The van der Waals surface area contributed by atoms with Gasteiger partial charge in [0.2, 0.25) is 70.9 Å². The lowest BCUT2D eigenvalue weighted by molar-refractivity contribution is -0.146. The van der Waals surface area contributed by atoms with E-state index in [1.165, 1.54) is 52.1 Å². The van der Waals surface area contributed by atoms with Crippen molar-refractivity contribution < 1.29 is 111 Å². The van der Waals surface area contributed by atoms with Crippen LogP contribution in [0.2, 0.25) is 0 Å². The highest BCUT2D eigenvalue weighted by molar-refractivity contribution is 6.24. The maximum atomic E-state index is 14.4. The van der Waals surface area contributed by atoms with Crippen molar-refractivity contribution >= 4 is 140 Å². The monoisotopic (exact) mass is 1970 g/mol. The van der Waals surface area contributed by atoms with Crippen molar-refractivity contribution in [3.05, 3.63) is 141 Å². The summed E-state index contributed by atoms with van der Waals surface area (Å²) in [4.78, 5) is 236. The number of aliphatic hydroxyl groups is 1. The lowest BCUT2D eigenvalue weighted by Crippen LogP contribution is -2.56. The lowest BCUT2D eigenvalue weighted by Gasteiger charge is -2.39. The number of fused-ring (bicyclic) bond motifs is 8. The van der Waals surface area contributed by atoms with E-state index in [4.69, 9.17) is 24.2 Å². The maximum absolute atomic E-state index is 14.4. The number of allylic oxidation sites excluding steroid dienone is 1. The Hall–Kier alpha value is -13.8. The SMILES string of the molecule is C=Cc1c(C)c2cc3nc(c(CC(=O)O)c4nc(cc5[nH]c(cc1[nH]2)c(C)c5CC)C(C)=C4C(=O)O)C(CCC(=O)NCCCC[C@H](NC(C)=O)C(=O)NCC(=O)N[C@@H](CC(=O)O)C(=O)NCC(=O)N[C@H](C(=O)N[C@@H](C)C(=O)Nc1ccc(COC(=O)N(C)[C@H](C(=O)NCC(=O)N(C)C([C@@H](C)CC)[C@@H](CC(=O)N2CCC[C@H]2[C@H](OC)[C@@H](C)C(=O)N[C@H](C)[C@@H](O)c2ccccc2)OC)C(C)C)cc1)C(C)C)C3C. The minimum atomic E-state index is -1.79. The second-order valence-corrected chi connectivity index (χ2v) is 37.4. The summed E-state index contributed by atoms with van der Waals surface area (Å²) in [5, 5.41) is 67.5. The first kappa shape index (κ1) is 114. The Morgan fingerprint density at radius 1 is 0.648 bits per heavy atom. The number of likely N-dealkylation sites (N-methyl/N-ethyl adjacent to an activating group) is 2. The summed E-state index contributed by atoms with van der Waals surface area (Å²) >= 11 is 0. The average molecular weight is 1970 g/mol. The number of aromatic amines is 2. The summed E-state index contributed by atoms with van der Waals surface area (Å²) in [5.41, 5.74) is 9.41. The molecule has 142 heavy (non-hydrogen) atoms. The first-order valence-corrected chi connectivity index (χ1v) is 48.2. The number of carbonyl (C=O) groups is 16. The zero-order valence-corrected chi connectivity index (χ0v) is 84.5. The molecule has 0 radical (unpaired) electrons. The van der Waals surface area contributed by atoms with Gasteiger partial charge in [0, 0.05) is 111 Å². The van der Waals surface area contributed by atoms with E-state index in [-0.39, 0.29) is 97.1 Å². The van der Waals surface area contributed by atoms with Gasteiger partial charge in [-0.25, -0.2) is 14.6 Å².